The first-order valence-corrected chi connectivity index (χ1v) is 12.3. The molecule has 4 heteroatoms. The molecule has 4 nitrogen and oxygen atoms in total. The van der Waals surface area contributed by atoms with E-state index in [1.54, 1.807) is 7.11 Å². The molecule has 0 amide bonds. The standard InChI is InChI=1S/C32H33NO3/c1-24(27-15-7-4-8-16-27)33(23-25-12-5-3-6-13-25)30(22-32(34)35)28-18-11-14-26(20-28)21-29-17-9-10-19-31(29)36-2/h3-20,24,30H,21-23H2,1-2H3,(H,34,35)/t24-,30?/m1/s1. The Kier molecular flexibility index (Phi) is 8.53. The van der Waals surface area contributed by atoms with Gasteiger partial charge < -0.3 is 9.84 Å². The first-order chi connectivity index (χ1) is 17.5. The molecule has 4 aromatic carbocycles. The van der Waals surface area contributed by atoms with Gasteiger partial charge in [-0.15, -0.1) is 0 Å². The average Bonchev–Trinajstić information content (AvgIpc) is 2.91. The highest BCUT2D eigenvalue weighted by atomic mass is 16.5. The average molecular weight is 480 g/mol. The summed E-state index contributed by atoms with van der Waals surface area (Å²) in [6.45, 7) is 2.80. The van der Waals surface area contributed by atoms with Gasteiger partial charge in [-0.1, -0.05) is 103 Å². The monoisotopic (exact) mass is 479 g/mol. The molecule has 0 aromatic heterocycles. The molecule has 0 heterocycles. The SMILES string of the molecule is COc1ccccc1Cc1cccc(C(CC(=O)O)N(Cc2ccccc2)[C@H](C)c2ccccc2)c1. The summed E-state index contributed by atoms with van der Waals surface area (Å²) in [4.78, 5) is 14.4. The van der Waals surface area contributed by atoms with Gasteiger partial charge in [0.1, 0.15) is 5.75 Å². The number of nitrogens with zero attached hydrogens (tertiary/aromatic N) is 1. The van der Waals surface area contributed by atoms with Crippen LogP contribution in [-0.4, -0.2) is 23.1 Å². The molecule has 4 aromatic rings. The van der Waals surface area contributed by atoms with E-state index in [0.29, 0.717) is 13.0 Å². The van der Waals surface area contributed by atoms with Crippen molar-refractivity contribution in [3.05, 3.63) is 137 Å². The van der Waals surface area contributed by atoms with Gasteiger partial charge in [-0.05, 0) is 40.8 Å². The molecule has 0 saturated carbocycles. The zero-order chi connectivity index (χ0) is 25.3. The number of carboxylic acid groups (broad SMARTS) is 1. The fourth-order valence-electron chi connectivity index (χ4n) is 4.81. The van der Waals surface area contributed by atoms with Gasteiger partial charge in [-0.25, -0.2) is 0 Å². The molecule has 4 rings (SSSR count). The van der Waals surface area contributed by atoms with E-state index < -0.39 is 5.97 Å². The van der Waals surface area contributed by atoms with E-state index in [9.17, 15) is 9.90 Å². The largest absolute Gasteiger partial charge is 0.496 e. The normalized spacial score (nSPS) is 12.8. The summed E-state index contributed by atoms with van der Waals surface area (Å²) < 4.78 is 5.55. The molecule has 2 atom stereocenters. The number of hydrogen-bond acceptors (Lipinski definition) is 3. The third-order valence-corrected chi connectivity index (χ3v) is 6.68. The number of para-hydroxylation sites is 1. The molecule has 0 aliphatic rings. The van der Waals surface area contributed by atoms with Gasteiger partial charge in [-0.3, -0.25) is 9.69 Å². The second-order valence-corrected chi connectivity index (χ2v) is 9.09. The Hall–Kier alpha value is -3.89. The van der Waals surface area contributed by atoms with Crippen molar-refractivity contribution in [2.45, 2.75) is 38.4 Å². The highest BCUT2D eigenvalue weighted by Gasteiger charge is 2.28. The van der Waals surface area contributed by atoms with Gasteiger partial charge in [0, 0.05) is 25.0 Å². The number of carbonyl (C=O) groups is 1. The maximum Gasteiger partial charge on any atom is 0.305 e. The number of rotatable bonds is 11. The first kappa shape index (κ1) is 25.2. The fourth-order valence-corrected chi connectivity index (χ4v) is 4.81. The van der Waals surface area contributed by atoms with E-state index >= 15 is 0 Å². The maximum absolute atomic E-state index is 12.1. The van der Waals surface area contributed by atoms with Crippen molar-refractivity contribution in [2.24, 2.45) is 0 Å². The van der Waals surface area contributed by atoms with Crippen LogP contribution >= 0.6 is 0 Å². The number of hydrogen-bond donors (Lipinski definition) is 1. The molecule has 0 fully saturated rings. The van der Waals surface area contributed by atoms with Gasteiger partial charge in [0.25, 0.3) is 0 Å². The first-order valence-electron chi connectivity index (χ1n) is 12.3. The summed E-state index contributed by atoms with van der Waals surface area (Å²) in [6.07, 6.45) is 0.729. The Labute approximate surface area is 213 Å². The van der Waals surface area contributed by atoms with Crippen LogP contribution in [0.2, 0.25) is 0 Å². The Morgan fingerprint density at radius 2 is 1.42 bits per heavy atom. The van der Waals surface area contributed by atoms with E-state index in [4.69, 9.17) is 4.74 Å². The summed E-state index contributed by atoms with van der Waals surface area (Å²) >= 11 is 0. The molecule has 36 heavy (non-hydrogen) atoms. The van der Waals surface area contributed by atoms with Gasteiger partial charge in [0.05, 0.1) is 13.5 Å². The lowest BCUT2D eigenvalue weighted by Crippen LogP contribution is -2.32. The van der Waals surface area contributed by atoms with Crippen molar-refractivity contribution in [1.29, 1.82) is 0 Å². The lowest BCUT2D eigenvalue weighted by atomic mass is 9.94. The smallest absolute Gasteiger partial charge is 0.305 e. The van der Waals surface area contributed by atoms with E-state index in [1.165, 1.54) is 0 Å². The lowest BCUT2D eigenvalue weighted by Gasteiger charge is -2.37. The Morgan fingerprint density at radius 3 is 2.11 bits per heavy atom. The number of ether oxygens (including phenoxy) is 1. The minimum absolute atomic E-state index is 0.0160. The molecule has 0 bridgehead atoms. The van der Waals surface area contributed by atoms with Crippen LogP contribution in [0.3, 0.4) is 0 Å². The van der Waals surface area contributed by atoms with Gasteiger partial charge >= 0.3 is 5.97 Å². The van der Waals surface area contributed by atoms with E-state index in [1.807, 2.05) is 60.7 Å². The molecule has 0 spiro atoms. The van der Waals surface area contributed by atoms with Crippen molar-refractivity contribution in [2.75, 3.05) is 7.11 Å². The van der Waals surface area contributed by atoms with Crippen molar-refractivity contribution in [3.8, 4) is 5.75 Å². The highest BCUT2D eigenvalue weighted by molar-refractivity contribution is 5.68. The molecule has 1 unspecified atom stereocenters. The molecule has 1 N–H and O–H groups in total. The molecule has 0 radical (unpaired) electrons. The zero-order valence-electron chi connectivity index (χ0n) is 20.9. The minimum atomic E-state index is -0.812. The number of aliphatic carboxylic acids is 1. The van der Waals surface area contributed by atoms with Gasteiger partial charge in [-0.2, -0.15) is 0 Å². The molecule has 0 aliphatic heterocycles. The van der Waals surface area contributed by atoms with Crippen molar-refractivity contribution < 1.29 is 14.6 Å². The number of methoxy groups -OCH3 is 1. The van der Waals surface area contributed by atoms with Crippen LogP contribution in [0.1, 0.15) is 53.2 Å². The predicted molar refractivity (Wildman–Crippen MR) is 144 cm³/mol. The van der Waals surface area contributed by atoms with Crippen molar-refractivity contribution >= 4 is 5.97 Å². The molecule has 0 aliphatic carbocycles. The summed E-state index contributed by atoms with van der Waals surface area (Å²) in [7, 11) is 1.69. The Morgan fingerprint density at radius 1 is 0.806 bits per heavy atom. The van der Waals surface area contributed by atoms with Crippen molar-refractivity contribution in [3.63, 3.8) is 0 Å². The summed E-state index contributed by atoms with van der Waals surface area (Å²) in [6, 6.07) is 36.6. The Balaban J connectivity index is 1.72. The molecular formula is C32H33NO3. The summed E-state index contributed by atoms with van der Waals surface area (Å²) in [5.74, 6) is 0.0434. The number of benzene rings is 4. The third-order valence-electron chi connectivity index (χ3n) is 6.68. The third kappa shape index (κ3) is 6.41. The van der Waals surface area contributed by atoms with E-state index in [0.717, 1.165) is 33.6 Å². The van der Waals surface area contributed by atoms with Crippen LogP contribution in [-0.2, 0) is 17.8 Å². The van der Waals surface area contributed by atoms with E-state index in [2.05, 4.69) is 60.4 Å². The quantitative estimate of drug-likeness (QED) is 0.250. The molecule has 184 valence electrons. The van der Waals surface area contributed by atoms with Crippen LogP contribution < -0.4 is 4.74 Å². The van der Waals surface area contributed by atoms with Gasteiger partial charge in [0.15, 0.2) is 0 Å². The Bertz CT molecular complexity index is 1260. The topological polar surface area (TPSA) is 49.8 Å². The summed E-state index contributed by atoms with van der Waals surface area (Å²) in [5, 5.41) is 9.94. The van der Waals surface area contributed by atoms with E-state index in [-0.39, 0.29) is 18.5 Å². The molecule has 0 saturated heterocycles. The zero-order valence-corrected chi connectivity index (χ0v) is 20.9. The second-order valence-electron chi connectivity index (χ2n) is 9.09. The predicted octanol–water partition coefficient (Wildman–Crippen LogP) is 7.07. The lowest BCUT2D eigenvalue weighted by molar-refractivity contribution is -0.138. The maximum atomic E-state index is 12.1. The van der Waals surface area contributed by atoms with Crippen LogP contribution in [0.15, 0.2) is 109 Å². The van der Waals surface area contributed by atoms with Crippen molar-refractivity contribution in [1.82, 2.24) is 4.90 Å². The fraction of sp³-hybridized carbons (Fsp3) is 0.219. The van der Waals surface area contributed by atoms with Crippen LogP contribution in [0.25, 0.3) is 0 Å². The summed E-state index contributed by atoms with van der Waals surface area (Å²) in [5.41, 5.74) is 5.54. The minimum Gasteiger partial charge on any atom is -0.496 e. The second kappa shape index (κ2) is 12.2. The van der Waals surface area contributed by atoms with Crippen LogP contribution in [0.5, 0.6) is 5.75 Å². The molecular weight excluding hydrogens is 446 g/mol. The van der Waals surface area contributed by atoms with Crippen LogP contribution in [0, 0.1) is 0 Å². The van der Waals surface area contributed by atoms with Gasteiger partial charge in [0.2, 0.25) is 0 Å². The van der Waals surface area contributed by atoms with Crippen LogP contribution in [0.4, 0.5) is 0 Å². The highest BCUT2D eigenvalue weighted by Crippen LogP contribution is 2.35. The number of carboxylic acids is 1.